The van der Waals surface area contributed by atoms with Gasteiger partial charge in [-0.1, -0.05) is 31.0 Å². The van der Waals surface area contributed by atoms with Gasteiger partial charge in [0.1, 0.15) is 6.07 Å². The zero-order valence-corrected chi connectivity index (χ0v) is 9.75. The zero-order chi connectivity index (χ0) is 11.5. The Bertz CT molecular complexity index is 570. The minimum atomic E-state index is 0.433. The molecule has 0 unspecified atom stereocenters. The second-order valence-corrected chi connectivity index (χ2v) is 4.08. The van der Waals surface area contributed by atoms with E-state index in [0.29, 0.717) is 10.6 Å². The molecular weight excluding hydrogens is 220 g/mol. The van der Waals surface area contributed by atoms with Crippen molar-refractivity contribution >= 4 is 22.5 Å². The minimum Gasteiger partial charge on any atom is -0.255 e. The van der Waals surface area contributed by atoms with Gasteiger partial charge < -0.3 is 0 Å². The molecule has 3 heteroatoms. The molecule has 16 heavy (non-hydrogen) atoms. The SMILES string of the molecule is CCCc1ccc2ncc(C#N)c(Cl)c2c1. The van der Waals surface area contributed by atoms with E-state index in [1.807, 2.05) is 18.2 Å². The van der Waals surface area contributed by atoms with Crippen molar-refractivity contribution in [3.05, 3.63) is 40.5 Å². The molecule has 2 nitrogen and oxygen atoms in total. The Labute approximate surface area is 99.5 Å². The molecule has 2 rings (SSSR count). The van der Waals surface area contributed by atoms with Gasteiger partial charge in [-0.25, -0.2) is 0 Å². The second-order valence-electron chi connectivity index (χ2n) is 3.70. The van der Waals surface area contributed by atoms with Gasteiger partial charge in [-0.15, -0.1) is 0 Å². The number of benzene rings is 1. The molecular formula is C13H11ClN2. The normalized spacial score (nSPS) is 10.3. The Kier molecular flexibility index (Phi) is 3.07. The maximum absolute atomic E-state index is 8.88. The van der Waals surface area contributed by atoms with Gasteiger partial charge in [0, 0.05) is 11.6 Å². The van der Waals surface area contributed by atoms with Crippen LogP contribution in [-0.2, 0) is 6.42 Å². The Balaban J connectivity index is 2.66. The fourth-order valence-electron chi connectivity index (χ4n) is 1.73. The monoisotopic (exact) mass is 230 g/mol. The standard InChI is InChI=1S/C13H11ClN2/c1-2-3-9-4-5-12-11(6-9)13(14)10(7-15)8-16-12/h4-6,8H,2-3H2,1H3. The van der Waals surface area contributed by atoms with Crippen LogP contribution in [0.3, 0.4) is 0 Å². The number of halogens is 1. The van der Waals surface area contributed by atoms with Crippen LogP contribution in [-0.4, -0.2) is 4.98 Å². The first-order valence-corrected chi connectivity index (χ1v) is 5.61. The molecule has 0 N–H and O–H groups in total. The third-order valence-corrected chi connectivity index (χ3v) is 2.93. The summed E-state index contributed by atoms with van der Waals surface area (Å²) in [5.41, 5.74) is 2.50. The first-order chi connectivity index (χ1) is 7.76. The molecule has 0 saturated carbocycles. The molecule has 1 aromatic heterocycles. The summed E-state index contributed by atoms with van der Waals surface area (Å²) in [5, 5.41) is 10.2. The Hall–Kier alpha value is -1.59. The molecule has 0 saturated heterocycles. The summed E-state index contributed by atoms with van der Waals surface area (Å²) >= 11 is 6.15. The molecule has 0 aliphatic carbocycles. The molecule has 0 spiro atoms. The van der Waals surface area contributed by atoms with E-state index in [2.05, 4.69) is 18.0 Å². The van der Waals surface area contributed by atoms with Crippen LogP contribution in [0.25, 0.3) is 10.9 Å². The van der Waals surface area contributed by atoms with Crippen molar-refractivity contribution in [1.82, 2.24) is 4.98 Å². The Morgan fingerprint density at radius 2 is 2.25 bits per heavy atom. The highest BCUT2D eigenvalue weighted by atomic mass is 35.5. The molecule has 0 fully saturated rings. The molecule has 0 atom stereocenters. The van der Waals surface area contributed by atoms with Crippen LogP contribution in [0.1, 0.15) is 24.5 Å². The van der Waals surface area contributed by atoms with Crippen LogP contribution >= 0.6 is 11.6 Å². The van der Waals surface area contributed by atoms with E-state index in [4.69, 9.17) is 16.9 Å². The van der Waals surface area contributed by atoms with Crippen molar-refractivity contribution in [3.63, 3.8) is 0 Å². The summed E-state index contributed by atoms with van der Waals surface area (Å²) < 4.78 is 0. The third-order valence-electron chi connectivity index (χ3n) is 2.53. The van der Waals surface area contributed by atoms with Crippen LogP contribution in [0.2, 0.25) is 5.02 Å². The van der Waals surface area contributed by atoms with Gasteiger partial charge in [-0.05, 0) is 24.1 Å². The summed E-state index contributed by atoms with van der Waals surface area (Å²) in [7, 11) is 0. The number of hydrogen-bond acceptors (Lipinski definition) is 2. The lowest BCUT2D eigenvalue weighted by Crippen LogP contribution is -1.88. The summed E-state index contributed by atoms with van der Waals surface area (Å²) in [4.78, 5) is 4.21. The van der Waals surface area contributed by atoms with Gasteiger partial charge in [-0.2, -0.15) is 5.26 Å². The first kappa shape index (κ1) is 10.9. The fourth-order valence-corrected chi connectivity index (χ4v) is 1.97. The average Bonchev–Trinajstić information content (AvgIpc) is 2.31. The predicted molar refractivity (Wildman–Crippen MR) is 65.5 cm³/mol. The maximum atomic E-state index is 8.88. The van der Waals surface area contributed by atoms with Crippen molar-refractivity contribution in [2.45, 2.75) is 19.8 Å². The Morgan fingerprint density at radius 1 is 1.44 bits per heavy atom. The predicted octanol–water partition coefficient (Wildman–Crippen LogP) is 3.71. The van der Waals surface area contributed by atoms with Gasteiger partial charge in [0.15, 0.2) is 0 Å². The van der Waals surface area contributed by atoms with Gasteiger partial charge in [0.05, 0.1) is 16.1 Å². The lowest BCUT2D eigenvalue weighted by atomic mass is 10.1. The van der Waals surface area contributed by atoms with Crippen molar-refractivity contribution in [2.75, 3.05) is 0 Å². The highest BCUT2D eigenvalue weighted by molar-refractivity contribution is 6.36. The number of nitriles is 1. The molecule has 0 amide bonds. The molecule has 1 aromatic carbocycles. The smallest absolute Gasteiger partial charge is 0.102 e. The molecule has 2 aromatic rings. The Morgan fingerprint density at radius 3 is 2.94 bits per heavy atom. The highest BCUT2D eigenvalue weighted by Gasteiger charge is 2.06. The van der Waals surface area contributed by atoms with E-state index in [0.717, 1.165) is 23.7 Å². The summed E-state index contributed by atoms with van der Waals surface area (Å²) in [6.45, 7) is 2.13. The number of pyridine rings is 1. The van der Waals surface area contributed by atoms with Crippen LogP contribution in [0.4, 0.5) is 0 Å². The highest BCUT2D eigenvalue weighted by Crippen LogP contribution is 2.26. The number of rotatable bonds is 2. The fraction of sp³-hybridized carbons (Fsp3) is 0.231. The molecule has 0 bridgehead atoms. The zero-order valence-electron chi connectivity index (χ0n) is 9.00. The number of fused-ring (bicyclic) bond motifs is 1. The van der Waals surface area contributed by atoms with Crippen LogP contribution in [0.15, 0.2) is 24.4 Å². The minimum absolute atomic E-state index is 0.433. The van der Waals surface area contributed by atoms with Gasteiger partial charge in [-0.3, -0.25) is 4.98 Å². The van der Waals surface area contributed by atoms with Gasteiger partial charge >= 0.3 is 0 Å². The van der Waals surface area contributed by atoms with Gasteiger partial charge in [0.2, 0.25) is 0 Å². The third kappa shape index (κ3) is 1.87. The molecule has 1 heterocycles. The molecule has 0 aliphatic rings. The number of aromatic nitrogens is 1. The topological polar surface area (TPSA) is 36.7 Å². The summed E-state index contributed by atoms with van der Waals surface area (Å²) in [6, 6.07) is 8.08. The quantitative estimate of drug-likeness (QED) is 0.789. The summed E-state index contributed by atoms with van der Waals surface area (Å²) in [6.07, 6.45) is 3.63. The first-order valence-electron chi connectivity index (χ1n) is 5.23. The maximum Gasteiger partial charge on any atom is 0.102 e. The molecule has 0 aliphatic heterocycles. The van der Waals surface area contributed by atoms with E-state index in [1.165, 1.54) is 11.8 Å². The average molecular weight is 231 g/mol. The van der Waals surface area contributed by atoms with Crippen molar-refractivity contribution in [2.24, 2.45) is 0 Å². The number of aryl methyl sites for hydroxylation is 1. The summed E-state index contributed by atoms with van der Waals surface area (Å²) in [5.74, 6) is 0. The van der Waals surface area contributed by atoms with Crippen LogP contribution in [0.5, 0.6) is 0 Å². The van der Waals surface area contributed by atoms with E-state index in [-0.39, 0.29) is 0 Å². The van der Waals surface area contributed by atoms with E-state index >= 15 is 0 Å². The molecule has 80 valence electrons. The van der Waals surface area contributed by atoms with Crippen molar-refractivity contribution in [3.8, 4) is 6.07 Å². The van der Waals surface area contributed by atoms with E-state index in [9.17, 15) is 0 Å². The van der Waals surface area contributed by atoms with E-state index in [1.54, 1.807) is 0 Å². The van der Waals surface area contributed by atoms with Crippen molar-refractivity contribution < 1.29 is 0 Å². The van der Waals surface area contributed by atoms with Crippen LogP contribution in [0, 0.1) is 11.3 Å². The second kappa shape index (κ2) is 4.51. The number of hydrogen-bond donors (Lipinski definition) is 0. The molecule has 0 radical (unpaired) electrons. The lowest BCUT2D eigenvalue weighted by Gasteiger charge is -2.04. The lowest BCUT2D eigenvalue weighted by molar-refractivity contribution is 0.923. The number of nitrogens with zero attached hydrogens (tertiary/aromatic N) is 2. The van der Waals surface area contributed by atoms with Crippen LogP contribution < -0.4 is 0 Å². The van der Waals surface area contributed by atoms with E-state index < -0.39 is 0 Å². The van der Waals surface area contributed by atoms with Crippen molar-refractivity contribution in [1.29, 1.82) is 5.26 Å². The van der Waals surface area contributed by atoms with Gasteiger partial charge in [0.25, 0.3) is 0 Å². The largest absolute Gasteiger partial charge is 0.255 e.